The number of aromatic nitrogens is 5. The van der Waals surface area contributed by atoms with Crippen LogP contribution in [0.4, 0.5) is 11.9 Å². The van der Waals surface area contributed by atoms with Gasteiger partial charge < -0.3 is 15.0 Å². The van der Waals surface area contributed by atoms with Crippen LogP contribution >= 0.6 is 0 Å². The lowest BCUT2D eigenvalue weighted by molar-refractivity contribution is 0.0337. The number of nitrogens with zero attached hydrogens (tertiary/aromatic N) is 6. The van der Waals surface area contributed by atoms with Crippen molar-refractivity contribution in [2.75, 3.05) is 30.4 Å². The van der Waals surface area contributed by atoms with Crippen LogP contribution in [-0.4, -0.2) is 57.1 Å². The average molecular weight is 289 g/mol. The molecule has 0 amide bonds. The first kappa shape index (κ1) is 13.7. The maximum atomic E-state index is 5.65. The van der Waals surface area contributed by atoms with E-state index in [9.17, 15) is 0 Å². The zero-order chi connectivity index (χ0) is 14.8. The first-order valence-corrected chi connectivity index (χ1v) is 6.99. The van der Waals surface area contributed by atoms with E-state index < -0.39 is 0 Å². The molecule has 2 aromatic rings. The summed E-state index contributed by atoms with van der Waals surface area (Å²) in [6, 6.07) is 2.06. The predicted octanol–water partition coefficient (Wildman–Crippen LogP) is 0.713. The molecule has 0 saturated carbocycles. The van der Waals surface area contributed by atoms with E-state index in [0.29, 0.717) is 24.5 Å². The third-order valence-corrected chi connectivity index (χ3v) is 3.41. The molecular formula is C13H19N7O. The topological polar surface area (TPSA) is 81.0 Å². The average Bonchev–Trinajstić information content (AvgIpc) is 3.03. The molecule has 2 atom stereocenters. The Bertz CT molecular complexity index is 601. The van der Waals surface area contributed by atoms with E-state index in [4.69, 9.17) is 4.74 Å². The van der Waals surface area contributed by atoms with Gasteiger partial charge in [-0.2, -0.15) is 20.1 Å². The van der Waals surface area contributed by atoms with Gasteiger partial charge in [-0.25, -0.2) is 4.68 Å². The molecule has 0 aliphatic carbocycles. The predicted molar refractivity (Wildman–Crippen MR) is 78.7 cm³/mol. The van der Waals surface area contributed by atoms with Gasteiger partial charge in [-0.3, -0.25) is 0 Å². The van der Waals surface area contributed by atoms with Crippen LogP contribution in [0, 0.1) is 0 Å². The zero-order valence-corrected chi connectivity index (χ0v) is 12.4. The van der Waals surface area contributed by atoms with Gasteiger partial charge in [0.05, 0.1) is 18.8 Å². The summed E-state index contributed by atoms with van der Waals surface area (Å²) in [5.74, 6) is 1.67. The maximum Gasteiger partial charge on any atom is 0.257 e. The molecule has 0 radical (unpaired) electrons. The van der Waals surface area contributed by atoms with Gasteiger partial charge in [0.25, 0.3) is 5.95 Å². The highest BCUT2D eigenvalue weighted by Gasteiger charge is 2.26. The van der Waals surface area contributed by atoms with Gasteiger partial charge in [-0.05, 0) is 19.9 Å². The van der Waals surface area contributed by atoms with Gasteiger partial charge in [-0.15, -0.1) is 0 Å². The van der Waals surface area contributed by atoms with E-state index in [1.807, 2.05) is 19.2 Å². The van der Waals surface area contributed by atoms with Gasteiger partial charge >= 0.3 is 0 Å². The Morgan fingerprint density at radius 2 is 2.05 bits per heavy atom. The van der Waals surface area contributed by atoms with Crippen molar-refractivity contribution >= 4 is 11.9 Å². The summed E-state index contributed by atoms with van der Waals surface area (Å²) in [5.41, 5.74) is 0. The van der Waals surface area contributed by atoms with Crippen LogP contribution < -0.4 is 10.2 Å². The molecule has 21 heavy (non-hydrogen) atoms. The molecule has 0 bridgehead atoms. The molecule has 8 heteroatoms. The van der Waals surface area contributed by atoms with Crippen molar-refractivity contribution in [1.82, 2.24) is 24.7 Å². The fourth-order valence-corrected chi connectivity index (χ4v) is 2.27. The van der Waals surface area contributed by atoms with Crippen LogP contribution in [0.5, 0.6) is 0 Å². The summed E-state index contributed by atoms with van der Waals surface area (Å²) in [7, 11) is 1.79. The largest absolute Gasteiger partial charge is 0.375 e. The van der Waals surface area contributed by atoms with Gasteiger partial charge in [0.1, 0.15) is 0 Å². The molecule has 0 aromatic carbocycles. The minimum absolute atomic E-state index is 0.157. The van der Waals surface area contributed by atoms with Crippen molar-refractivity contribution in [1.29, 1.82) is 0 Å². The molecule has 3 heterocycles. The molecular weight excluding hydrogens is 270 g/mol. The van der Waals surface area contributed by atoms with Gasteiger partial charge in [0, 0.05) is 26.0 Å². The Hall–Kier alpha value is -2.22. The lowest BCUT2D eigenvalue weighted by Crippen LogP contribution is -2.48. The quantitative estimate of drug-likeness (QED) is 0.891. The van der Waals surface area contributed by atoms with E-state index >= 15 is 0 Å². The zero-order valence-electron chi connectivity index (χ0n) is 12.4. The SMILES string of the molecule is CNc1nc(N2CC(C)OCC2C)nc(-n2cccn2)n1. The Morgan fingerprint density at radius 1 is 1.24 bits per heavy atom. The minimum atomic E-state index is 0.157. The Balaban J connectivity index is 1.99. The molecule has 8 nitrogen and oxygen atoms in total. The lowest BCUT2D eigenvalue weighted by Gasteiger charge is -2.36. The van der Waals surface area contributed by atoms with E-state index in [1.54, 1.807) is 17.9 Å². The van der Waals surface area contributed by atoms with Crippen molar-refractivity contribution in [3.63, 3.8) is 0 Å². The van der Waals surface area contributed by atoms with Crippen LogP contribution in [0.2, 0.25) is 0 Å². The number of nitrogens with one attached hydrogen (secondary N) is 1. The molecule has 1 aliphatic rings. The van der Waals surface area contributed by atoms with E-state index in [2.05, 4.69) is 37.2 Å². The number of anilines is 2. The summed E-state index contributed by atoms with van der Waals surface area (Å²) in [6.07, 6.45) is 3.66. The number of ether oxygens (including phenoxy) is 1. The second-order valence-electron chi connectivity index (χ2n) is 5.10. The Kier molecular flexibility index (Phi) is 3.70. The van der Waals surface area contributed by atoms with Crippen LogP contribution in [0.25, 0.3) is 5.95 Å². The van der Waals surface area contributed by atoms with Crippen molar-refractivity contribution in [2.24, 2.45) is 0 Å². The van der Waals surface area contributed by atoms with Gasteiger partial charge in [-0.1, -0.05) is 0 Å². The van der Waals surface area contributed by atoms with Crippen molar-refractivity contribution in [3.05, 3.63) is 18.5 Å². The molecule has 2 aromatic heterocycles. The number of hydrogen-bond donors (Lipinski definition) is 1. The van der Waals surface area contributed by atoms with Crippen molar-refractivity contribution < 1.29 is 4.74 Å². The standard InChI is InChI=1S/C13H19N7O/c1-9-8-21-10(2)7-19(9)12-16-11(14-3)17-13(18-12)20-6-4-5-15-20/h4-6,9-10H,7-8H2,1-3H3,(H,14,16,17,18). The van der Waals surface area contributed by atoms with E-state index in [-0.39, 0.29) is 12.1 Å². The molecule has 112 valence electrons. The van der Waals surface area contributed by atoms with Crippen molar-refractivity contribution in [2.45, 2.75) is 26.0 Å². The lowest BCUT2D eigenvalue weighted by atomic mass is 10.2. The summed E-state index contributed by atoms with van der Waals surface area (Å²) >= 11 is 0. The monoisotopic (exact) mass is 289 g/mol. The van der Waals surface area contributed by atoms with Crippen LogP contribution in [0.3, 0.4) is 0 Å². The molecule has 1 fully saturated rings. The molecule has 1 saturated heterocycles. The first-order chi connectivity index (χ1) is 10.2. The van der Waals surface area contributed by atoms with Crippen LogP contribution in [-0.2, 0) is 4.74 Å². The summed E-state index contributed by atoms with van der Waals surface area (Å²) in [5, 5.41) is 7.15. The number of hydrogen-bond acceptors (Lipinski definition) is 7. The maximum absolute atomic E-state index is 5.65. The second-order valence-corrected chi connectivity index (χ2v) is 5.10. The fourth-order valence-electron chi connectivity index (χ4n) is 2.27. The molecule has 1 N–H and O–H groups in total. The number of morpholine rings is 1. The van der Waals surface area contributed by atoms with Crippen molar-refractivity contribution in [3.8, 4) is 5.95 Å². The third kappa shape index (κ3) is 2.80. The highest BCUT2D eigenvalue weighted by atomic mass is 16.5. The number of rotatable bonds is 3. The third-order valence-electron chi connectivity index (χ3n) is 3.41. The van der Waals surface area contributed by atoms with Gasteiger partial charge in [0.15, 0.2) is 0 Å². The summed E-state index contributed by atoms with van der Waals surface area (Å²) in [6.45, 7) is 5.57. The van der Waals surface area contributed by atoms with Gasteiger partial charge in [0.2, 0.25) is 11.9 Å². The molecule has 1 aliphatic heterocycles. The second kappa shape index (κ2) is 5.65. The molecule has 0 spiro atoms. The van der Waals surface area contributed by atoms with E-state index in [0.717, 1.165) is 6.54 Å². The van der Waals surface area contributed by atoms with E-state index in [1.165, 1.54) is 0 Å². The highest BCUT2D eigenvalue weighted by Crippen LogP contribution is 2.19. The molecule has 3 rings (SSSR count). The highest BCUT2D eigenvalue weighted by molar-refractivity contribution is 5.41. The Morgan fingerprint density at radius 3 is 2.76 bits per heavy atom. The van der Waals surface area contributed by atoms with Crippen LogP contribution in [0.15, 0.2) is 18.5 Å². The Labute approximate surface area is 123 Å². The summed E-state index contributed by atoms with van der Waals surface area (Å²) in [4.78, 5) is 15.5. The minimum Gasteiger partial charge on any atom is -0.375 e. The fraction of sp³-hybridized carbons (Fsp3) is 0.538. The normalized spacial score (nSPS) is 22.3. The summed E-state index contributed by atoms with van der Waals surface area (Å²) < 4.78 is 7.28. The first-order valence-electron chi connectivity index (χ1n) is 6.99. The van der Waals surface area contributed by atoms with Crippen LogP contribution in [0.1, 0.15) is 13.8 Å². The smallest absolute Gasteiger partial charge is 0.257 e. The molecule has 2 unspecified atom stereocenters.